The van der Waals surface area contributed by atoms with E-state index in [1.807, 2.05) is 43.3 Å². The topological polar surface area (TPSA) is 91.5 Å². The number of benzene rings is 2. The number of carbonyl (C=O) groups excluding carboxylic acids is 2. The van der Waals surface area contributed by atoms with Crippen LogP contribution < -0.4 is 15.8 Å². The van der Waals surface area contributed by atoms with Crippen molar-refractivity contribution >= 4 is 28.5 Å². The molecule has 2 N–H and O–H groups in total. The molecule has 1 amide bonds. The second-order valence-corrected chi connectivity index (χ2v) is 6.51. The molecule has 0 aliphatic rings. The van der Waals surface area contributed by atoms with Gasteiger partial charge in [-0.2, -0.15) is 0 Å². The summed E-state index contributed by atoms with van der Waals surface area (Å²) in [5.41, 5.74) is 2.26. The Hall–Kier alpha value is -3.61. The number of nitrogens with one attached hydrogen (secondary N) is 2. The van der Waals surface area contributed by atoms with Gasteiger partial charge in [-0.25, -0.2) is 4.79 Å². The molecule has 0 fully saturated rings. The number of esters is 1. The van der Waals surface area contributed by atoms with E-state index < -0.39 is 24.0 Å². The van der Waals surface area contributed by atoms with Gasteiger partial charge in [0.15, 0.2) is 6.61 Å². The van der Waals surface area contributed by atoms with Crippen LogP contribution in [0.25, 0.3) is 10.9 Å². The molecule has 0 saturated carbocycles. The number of ether oxygens (including phenoxy) is 1. The molecule has 7 nitrogen and oxygen atoms in total. The number of rotatable bonds is 6. The number of H-pyrrole nitrogens is 1. The zero-order valence-corrected chi connectivity index (χ0v) is 15.7. The van der Waals surface area contributed by atoms with E-state index in [-0.39, 0.29) is 5.56 Å². The predicted molar refractivity (Wildman–Crippen MR) is 107 cm³/mol. The minimum absolute atomic E-state index is 0.131. The largest absolute Gasteiger partial charge is 0.452 e. The second kappa shape index (κ2) is 8.39. The van der Waals surface area contributed by atoms with Gasteiger partial charge in [0.05, 0.1) is 5.56 Å². The van der Waals surface area contributed by atoms with Gasteiger partial charge < -0.3 is 19.9 Å². The van der Waals surface area contributed by atoms with Crippen LogP contribution in [0.1, 0.15) is 15.9 Å². The summed E-state index contributed by atoms with van der Waals surface area (Å²) in [7, 11) is 3.91. The Labute approximate surface area is 161 Å². The van der Waals surface area contributed by atoms with Gasteiger partial charge in [-0.3, -0.25) is 9.59 Å². The first-order valence-corrected chi connectivity index (χ1v) is 8.76. The van der Waals surface area contributed by atoms with E-state index >= 15 is 0 Å². The van der Waals surface area contributed by atoms with Crippen LogP contribution in [-0.2, 0) is 16.1 Å². The van der Waals surface area contributed by atoms with Crippen molar-refractivity contribution in [1.82, 2.24) is 10.3 Å². The Morgan fingerprint density at radius 3 is 2.50 bits per heavy atom. The predicted octanol–water partition coefficient (Wildman–Crippen LogP) is 2.07. The van der Waals surface area contributed by atoms with E-state index in [1.165, 1.54) is 6.07 Å². The fourth-order valence-electron chi connectivity index (χ4n) is 2.75. The number of amides is 1. The number of para-hydroxylation sites is 1. The highest BCUT2D eigenvalue weighted by molar-refractivity contribution is 6.03. The second-order valence-electron chi connectivity index (χ2n) is 6.51. The highest BCUT2D eigenvalue weighted by Crippen LogP contribution is 2.15. The number of aromatic nitrogens is 1. The number of nitrogens with zero attached hydrogens (tertiary/aromatic N) is 1. The van der Waals surface area contributed by atoms with Crippen molar-refractivity contribution in [2.45, 2.75) is 6.54 Å². The van der Waals surface area contributed by atoms with Gasteiger partial charge in [0.25, 0.3) is 5.91 Å². The van der Waals surface area contributed by atoms with Crippen LogP contribution in [-0.4, -0.2) is 37.6 Å². The third-order valence-electron chi connectivity index (χ3n) is 4.25. The summed E-state index contributed by atoms with van der Waals surface area (Å²) in [6, 6.07) is 15.8. The number of hydrogen-bond acceptors (Lipinski definition) is 5. The SMILES string of the molecule is CN(C)c1ccc(CNC(=O)COC(=O)c2cc(=O)[nH]c3ccccc23)cc1. The molecular formula is C21H21N3O4. The van der Waals surface area contributed by atoms with Crippen LogP contribution in [0.5, 0.6) is 0 Å². The first kappa shape index (κ1) is 19.2. The van der Waals surface area contributed by atoms with Crippen LogP contribution in [0.2, 0.25) is 0 Å². The van der Waals surface area contributed by atoms with Gasteiger partial charge in [0.1, 0.15) is 0 Å². The number of carbonyl (C=O) groups is 2. The Kier molecular flexibility index (Phi) is 5.74. The quantitative estimate of drug-likeness (QED) is 0.640. The molecule has 0 radical (unpaired) electrons. The summed E-state index contributed by atoms with van der Waals surface area (Å²) in [4.78, 5) is 40.7. The minimum atomic E-state index is -0.715. The lowest BCUT2D eigenvalue weighted by atomic mass is 10.1. The molecule has 28 heavy (non-hydrogen) atoms. The van der Waals surface area contributed by atoms with Crippen molar-refractivity contribution in [3.8, 4) is 0 Å². The zero-order valence-electron chi connectivity index (χ0n) is 15.7. The average molecular weight is 379 g/mol. The maximum Gasteiger partial charge on any atom is 0.339 e. The number of hydrogen-bond donors (Lipinski definition) is 2. The Morgan fingerprint density at radius 1 is 1.07 bits per heavy atom. The highest BCUT2D eigenvalue weighted by atomic mass is 16.5. The van der Waals surface area contributed by atoms with E-state index in [1.54, 1.807) is 24.3 Å². The van der Waals surface area contributed by atoms with Gasteiger partial charge in [-0.1, -0.05) is 30.3 Å². The normalized spacial score (nSPS) is 10.5. The molecule has 7 heteroatoms. The van der Waals surface area contributed by atoms with Gasteiger partial charge in [0.2, 0.25) is 5.56 Å². The van der Waals surface area contributed by atoms with Crippen molar-refractivity contribution in [3.05, 3.63) is 76.1 Å². The van der Waals surface area contributed by atoms with Crippen molar-refractivity contribution < 1.29 is 14.3 Å². The first-order valence-electron chi connectivity index (χ1n) is 8.76. The lowest BCUT2D eigenvalue weighted by Gasteiger charge is -2.13. The molecular weight excluding hydrogens is 358 g/mol. The average Bonchev–Trinajstić information content (AvgIpc) is 2.70. The van der Waals surface area contributed by atoms with Crippen molar-refractivity contribution in [2.75, 3.05) is 25.6 Å². The summed E-state index contributed by atoms with van der Waals surface area (Å²) < 4.78 is 5.08. The number of pyridine rings is 1. The number of fused-ring (bicyclic) bond motifs is 1. The molecule has 0 saturated heterocycles. The van der Waals surface area contributed by atoms with Gasteiger partial charge in [-0.15, -0.1) is 0 Å². The van der Waals surface area contributed by atoms with Crippen LogP contribution in [0.4, 0.5) is 5.69 Å². The molecule has 0 atom stereocenters. The molecule has 0 bridgehead atoms. The monoisotopic (exact) mass is 379 g/mol. The summed E-state index contributed by atoms with van der Waals surface area (Å²) in [5, 5.41) is 3.27. The molecule has 0 spiro atoms. The molecule has 0 unspecified atom stereocenters. The van der Waals surface area contributed by atoms with E-state index in [2.05, 4.69) is 10.3 Å². The third kappa shape index (κ3) is 4.56. The molecule has 1 heterocycles. The fourth-order valence-corrected chi connectivity index (χ4v) is 2.75. The maximum atomic E-state index is 12.3. The van der Waals surface area contributed by atoms with Crippen LogP contribution in [0, 0.1) is 0 Å². The molecule has 2 aromatic carbocycles. The molecule has 3 rings (SSSR count). The molecule has 1 aromatic heterocycles. The summed E-state index contributed by atoms with van der Waals surface area (Å²) in [6.45, 7) is -0.0895. The highest BCUT2D eigenvalue weighted by Gasteiger charge is 2.14. The third-order valence-corrected chi connectivity index (χ3v) is 4.25. The van der Waals surface area contributed by atoms with Crippen LogP contribution >= 0.6 is 0 Å². The minimum Gasteiger partial charge on any atom is -0.452 e. The summed E-state index contributed by atoms with van der Waals surface area (Å²) >= 11 is 0. The lowest BCUT2D eigenvalue weighted by Crippen LogP contribution is -2.28. The van der Waals surface area contributed by atoms with Crippen LogP contribution in [0.15, 0.2) is 59.4 Å². The molecule has 144 valence electrons. The van der Waals surface area contributed by atoms with Crippen molar-refractivity contribution in [1.29, 1.82) is 0 Å². The molecule has 0 aliphatic carbocycles. The van der Waals surface area contributed by atoms with Crippen molar-refractivity contribution in [3.63, 3.8) is 0 Å². The summed E-state index contributed by atoms with van der Waals surface area (Å²) in [5.74, 6) is -1.13. The van der Waals surface area contributed by atoms with Gasteiger partial charge in [-0.05, 0) is 23.8 Å². The van der Waals surface area contributed by atoms with Crippen LogP contribution in [0.3, 0.4) is 0 Å². The molecule has 3 aromatic rings. The van der Waals surface area contributed by atoms with E-state index in [0.717, 1.165) is 11.3 Å². The van der Waals surface area contributed by atoms with Gasteiger partial charge in [0, 0.05) is 43.3 Å². The zero-order chi connectivity index (χ0) is 20.1. The maximum absolute atomic E-state index is 12.3. The fraction of sp³-hybridized carbons (Fsp3) is 0.190. The van der Waals surface area contributed by atoms with E-state index in [9.17, 15) is 14.4 Å². The standard InChI is InChI=1S/C21H21N3O4/c1-24(2)15-9-7-14(8-10-15)12-22-20(26)13-28-21(27)17-11-19(25)23-18-6-4-3-5-16(17)18/h3-11H,12-13H2,1-2H3,(H,22,26)(H,23,25). The smallest absolute Gasteiger partial charge is 0.339 e. The van der Waals surface area contributed by atoms with E-state index in [4.69, 9.17) is 4.74 Å². The number of anilines is 1. The number of aromatic amines is 1. The Balaban J connectivity index is 1.57. The Morgan fingerprint density at radius 2 is 1.79 bits per heavy atom. The van der Waals surface area contributed by atoms with Gasteiger partial charge >= 0.3 is 5.97 Å². The first-order chi connectivity index (χ1) is 13.4. The van der Waals surface area contributed by atoms with Crippen molar-refractivity contribution in [2.24, 2.45) is 0 Å². The molecule has 0 aliphatic heterocycles. The lowest BCUT2D eigenvalue weighted by molar-refractivity contribution is -0.124. The van der Waals surface area contributed by atoms with E-state index in [0.29, 0.717) is 17.4 Å². The summed E-state index contributed by atoms with van der Waals surface area (Å²) in [6.07, 6.45) is 0. The Bertz CT molecular complexity index is 1060.